The van der Waals surface area contributed by atoms with E-state index >= 15 is 0 Å². The third-order valence-corrected chi connectivity index (χ3v) is 2.98. The maximum atomic E-state index is 11.1. The van der Waals surface area contributed by atoms with Crippen LogP contribution in [0.2, 0.25) is 10.0 Å². The molecule has 0 aromatic heterocycles. The van der Waals surface area contributed by atoms with Crippen molar-refractivity contribution in [2.24, 2.45) is 0 Å². The summed E-state index contributed by atoms with van der Waals surface area (Å²) in [6.45, 7) is 2.42. The van der Waals surface area contributed by atoms with E-state index < -0.39 is 6.10 Å². The van der Waals surface area contributed by atoms with Crippen LogP contribution in [-0.2, 0) is 0 Å². The molecular weight excluding hydrogens is 291 g/mol. The Labute approximate surface area is 121 Å². The van der Waals surface area contributed by atoms with Crippen molar-refractivity contribution in [1.82, 2.24) is 10.6 Å². The average Bonchev–Trinajstić information content (AvgIpc) is 2.38. The summed E-state index contributed by atoms with van der Waals surface area (Å²) in [6, 6.07) is 4.66. The summed E-state index contributed by atoms with van der Waals surface area (Å²) in [4.78, 5) is 11.1. The highest BCUT2D eigenvalue weighted by Crippen LogP contribution is 2.31. The molecule has 5 nitrogen and oxygen atoms in total. The minimum Gasteiger partial charge on any atom is -0.489 e. The van der Waals surface area contributed by atoms with Crippen LogP contribution in [0, 0.1) is 0 Å². The molecule has 1 unspecified atom stereocenters. The van der Waals surface area contributed by atoms with E-state index in [9.17, 15) is 9.90 Å². The maximum absolute atomic E-state index is 11.1. The first kappa shape index (κ1) is 15.9. The number of nitrogens with one attached hydrogen (secondary N) is 2. The first-order chi connectivity index (χ1) is 9.04. The lowest BCUT2D eigenvalue weighted by Crippen LogP contribution is -2.41. The van der Waals surface area contributed by atoms with E-state index in [1.165, 1.54) is 0 Å². The molecule has 1 rings (SSSR count). The van der Waals surface area contributed by atoms with E-state index in [1.807, 2.05) is 0 Å². The second-order valence-corrected chi connectivity index (χ2v) is 4.54. The van der Waals surface area contributed by atoms with E-state index in [2.05, 4.69) is 10.6 Å². The van der Waals surface area contributed by atoms with Crippen LogP contribution in [0.25, 0.3) is 0 Å². The fourth-order valence-electron chi connectivity index (χ4n) is 1.27. The van der Waals surface area contributed by atoms with Crippen LogP contribution in [0.15, 0.2) is 18.2 Å². The SMILES string of the molecule is CCNC(=O)NCC(O)COc1cccc(Cl)c1Cl. The highest BCUT2D eigenvalue weighted by Gasteiger charge is 2.10. The van der Waals surface area contributed by atoms with Crippen molar-refractivity contribution in [1.29, 1.82) is 0 Å². The molecule has 0 fully saturated rings. The highest BCUT2D eigenvalue weighted by atomic mass is 35.5. The number of carbonyl (C=O) groups excluding carboxylic acids is 1. The highest BCUT2D eigenvalue weighted by molar-refractivity contribution is 6.42. The summed E-state index contributed by atoms with van der Waals surface area (Å²) in [7, 11) is 0. The molecule has 7 heteroatoms. The zero-order valence-corrected chi connectivity index (χ0v) is 12.0. The molecule has 0 saturated heterocycles. The van der Waals surface area contributed by atoms with Crippen molar-refractivity contribution in [2.45, 2.75) is 13.0 Å². The van der Waals surface area contributed by atoms with Crippen LogP contribution in [-0.4, -0.2) is 36.9 Å². The molecule has 2 amide bonds. The predicted octanol–water partition coefficient (Wildman–Crippen LogP) is 2.05. The number of carbonyl (C=O) groups is 1. The Morgan fingerprint density at radius 3 is 2.84 bits per heavy atom. The molecular formula is C12H16Cl2N2O3. The van der Waals surface area contributed by atoms with Crippen molar-refractivity contribution >= 4 is 29.2 Å². The number of amides is 2. The van der Waals surface area contributed by atoms with Crippen LogP contribution in [0.5, 0.6) is 5.75 Å². The molecule has 1 aromatic rings. The standard InChI is InChI=1S/C12H16Cl2N2O3/c1-2-15-12(18)16-6-8(17)7-19-10-5-3-4-9(13)11(10)14/h3-5,8,17H,2,6-7H2,1H3,(H2,15,16,18). The smallest absolute Gasteiger partial charge is 0.314 e. The third kappa shape index (κ3) is 5.55. The van der Waals surface area contributed by atoms with Crippen molar-refractivity contribution in [3.05, 3.63) is 28.2 Å². The number of ether oxygens (including phenoxy) is 1. The average molecular weight is 307 g/mol. The lowest BCUT2D eigenvalue weighted by atomic mass is 10.3. The third-order valence-electron chi connectivity index (χ3n) is 2.18. The minimum absolute atomic E-state index is 0.00642. The number of benzene rings is 1. The van der Waals surface area contributed by atoms with Crippen molar-refractivity contribution in [3.8, 4) is 5.75 Å². The van der Waals surface area contributed by atoms with Crippen LogP contribution in [0.1, 0.15) is 6.92 Å². The molecule has 0 aliphatic rings. The van der Waals surface area contributed by atoms with Gasteiger partial charge in [0.15, 0.2) is 0 Å². The Morgan fingerprint density at radius 2 is 2.16 bits per heavy atom. The van der Waals surface area contributed by atoms with Gasteiger partial charge in [0.1, 0.15) is 23.5 Å². The Bertz CT molecular complexity index is 429. The lowest BCUT2D eigenvalue weighted by molar-refractivity contribution is 0.108. The van der Waals surface area contributed by atoms with Gasteiger partial charge in [-0.3, -0.25) is 0 Å². The Balaban J connectivity index is 2.36. The number of aliphatic hydroxyl groups excluding tert-OH is 1. The second kappa shape index (κ2) is 8.09. The summed E-state index contributed by atoms with van der Waals surface area (Å²) in [5.74, 6) is 0.395. The number of urea groups is 1. The molecule has 0 radical (unpaired) electrons. The molecule has 0 aliphatic carbocycles. The largest absolute Gasteiger partial charge is 0.489 e. The van der Waals surface area contributed by atoms with Crippen LogP contribution < -0.4 is 15.4 Å². The summed E-state index contributed by atoms with van der Waals surface area (Å²) in [5, 5.41) is 15.4. The van der Waals surface area contributed by atoms with Crippen LogP contribution >= 0.6 is 23.2 Å². The Morgan fingerprint density at radius 1 is 1.42 bits per heavy atom. The van der Waals surface area contributed by atoms with Crippen LogP contribution in [0.4, 0.5) is 4.79 Å². The summed E-state index contributed by atoms with van der Waals surface area (Å²) in [5.41, 5.74) is 0. The van der Waals surface area contributed by atoms with Gasteiger partial charge >= 0.3 is 6.03 Å². The zero-order chi connectivity index (χ0) is 14.3. The molecule has 3 N–H and O–H groups in total. The molecule has 1 aromatic carbocycles. The van der Waals surface area contributed by atoms with Gasteiger partial charge in [-0.25, -0.2) is 4.79 Å². The molecule has 0 bridgehead atoms. The maximum Gasteiger partial charge on any atom is 0.314 e. The number of hydrogen-bond donors (Lipinski definition) is 3. The van der Waals surface area contributed by atoms with Gasteiger partial charge in [-0.05, 0) is 19.1 Å². The van der Waals surface area contributed by atoms with Gasteiger partial charge in [0.2, 0.25) is 0 Å². The minimum atomic E-state index is -0.836. The van der Waals surface area contributed by atoms with Crippen molar-refractivity contribution in [2.75, 3.05) is 19.7 Å². The molecule has 0 aliphatic heterocycles. The molecule has 1 atom stereocenters. The summed E-state index contributed by atoms with van der Waals surface area (Å²) in [6.07, 6.45) is -0.836. The molecule has 0 heterocycles. The second-order valence-electron chi connectivity index (χ2n) is 3.76. The van der Waals surface area contributed by atoms with Gasteiger partial charge in [0.25, 0.3) is 0 Å². The first-order valence-electron chi connectivity index (χ1n) is 5.81. The Kier molecular flexibility index (Phi) is 6.77. The van der Waals surface area contributed by atoms with E-state index in [1.54, 1.807) is 25.1 Å². The van der Waals surface area contributed by atoms with Crippen molar-refractivity contribution < 1.29 is 14.6 Å². The molecule has 19 heavy (non-hydrogen) atoms. The lowest BCUT2D eigenvalue weighted by Gasteiger charge is -2.14. The van der Waals surface area contributed by atoms with Gasteiger partial charge in [-0.2, -0.15) is 0 Å². The van der Waals surface area contributed by atoms with Gasteiger partial charge in [-0.15, -0.1) is 0 Å². The van der Waals surface area contributed by atoms with Gasteiger partial charge in [0.05, 0.1) is 5.02 Å². The first-order valence-corrected chi connectivity index (χ1v) is 6.56. The van der Waals surface area contributed by atoms with E-state index in [4.69, 9.17) is 27.9 Å². The fraction of sp³-hybridized carbons (Fsp3) is 0.417. The van der Waals surface area contributed by atoms with E-state index in [0.717, 1.165) is 0 Å². The van der Waals surface area contributed by atoms with Gasteiger partial charge in [0, 0.05) is 13.1 Å². The molecule has 0 spiro atoms. The normalized spacial score (nSPS) is 11.8. The quantitative estimate of drug-likeness (QED) is 0.753. The van der Waals surface area contributed by atoms with Crippen molar-refractivity contribution in [3.63, 3.8) is 0 Å². The molecule has 106 valence electrons. The zero-order valence-electron chi connectivity index (χ0n) is 10.5. The number of rotatable bonds is 6. The topological polar surface area (TPSA) is 70.6 Å². The monoisotopic (exact) mass is 306 g/mol. The van der Waals surface area contributed by atoms with E-state index in [-0.39, 0.29) is 19.2 Å². The van der Waals surface area contributed by atoms with Gasteiger partial charge < -0.3 is 20.5 Å². The summed E-state index contributed by atoms with van der Waals surface area (Å²) >= 11 is 11.8. The van der Waals surface area contributed by atoms with E-state index in [0.29, 0.717) is 22.3 Å². The fourth-order valence-corrected chi connectivity index (χ4v) is 1.62. The Hall–Kier alpha value is -1.17. The summed E-state index contributed by atoms with van der Waals surface area (Å²) < 4.78 is 5.33. The number of aliphatic hydroxyl groups is 1. The number of halogens is 2. The van der Waals surface area contributed by atoms with Crippen LogP contribution in [0.3, 0.4) is 0 Å². The van der Waals surface area contributed by atoms with Gasteiger partial charge in [-0.1, -0.05) is 29.3 Å². The predicted molar refractivity (Wildman–Crippen MR) is 75.0 cm³/mol. The number of hydrogen-bond acceptors (Lipinski definition) is 3. The molecule has 0 saturated carbocycles.